The minimum atomic E-state index is -0.869. The Hall–Kier alpha value is -0.930. The number of aliphatic carboxylic acids is 1. The Labute approximate surface area is 46.2 Å². The highest BCUT2D eigenvalue weighted by Crippen LogP contribution is 2.06. The van der Waals surface area contributed by atoms with Gasteiger partial charge in [0.2, 0.25) is 0 Å². The molecule has 0 bridgehead atoms. The van der Waals surface area contributed by atoms with Gasteiger partial charge < -0.3 is 5.11 Å². The fraction of sp³-hybridized carbons (Fsp3) is 0.750. The van der Waals surface area contributed by atoms with Gasteiger partial charge in [-0.2, -0.15) is 10.2 Å². The largest absolute Gasteiger partial charge is 0.480 e. The highest BCUT2D eigenvalue weighted by molar-refractivity contribution is 5.73. The van der Waals surface area contributed by atoms with Crippen molar-refractivity contribution in [2.75, 3.05) is 6.54 Å². The van der Waals surface area contributed by atoms with Crippen LogP contribution in [0.5, 0.6) is 0 Å². The summed E-state index contributed by atoms with van der Waals surface area (Å²) in [7, 11) is 0. The number of hydrogen-bond donors (Lipinski definition) is 1. The highest BCUT2D eigenvalue weighted by Gasteiger charge is 2.18. The van der Waals surface area contributed by atoms with Crippen LogP contribution in [0.2, 0.25) is 0 Å². The lowest BCUT2D eigenvalue weighted by atomic mass is 10.2. The molecule has 0 amide bonds. The first-order valence-electron chi connectivity index (χ1n) is 2.40. The van der Waals surface area contributed by atoms with E-state index < -0.39 is 12.0 Å². The van der Waals surface area contributed by atoms with E-state index in [-0.39, 0.29) is 0 Å². The third-order valence-electron chi connectivity index (χ3n) is 1.01. The van der Waals surface area contributed by atoms with Crippen molar-refractivity contribution in [1.82, 2.24) is 0 Å². The summed E-state index contributed by atoms with van der Waals surface area (Å²) in [5.74, 6) is -0.869. The van der Waals surface area contributed by atoms with Crippen LogP contribution in [0.15, 0.2) is 10.2 Å². The lowest BCUT2D eigenvalue weighted by Crippen LogP contribution is -2.14. The van der Waals surface area contributed by atoms with E-state index in [2.05, 4.69) is 10.2 Å². The summed E-state index contributed by atoms with van der Waals surface area (Å²) in [6, 6.07) is -0.560. The van der Waals surface area contributed by atoms with Crippen LogP contribution < -0.4 is 0 Å². The van der Waals surface area contributed by atoms with Crippen molar-refractivity contribution in [2.24, 2.45) is 10.2 Å². The molecule has 0 radical (unpaired) electrons. The summed E-state index contributed by atoms with van der Waals surface area (Å²) in [6.07, 6.45) is 0.565. The molecule has 0 aromatic rings. The third kappa shape index (κ3) is 0.828. The van der Waals surface area contributed by atoms with E-state index in [1.807, 2.05) is 0 Å². The fourth-order valence-corrected chi connectivity index (χ4v) is 0.567. The number of carbonyl (C=O) groups is 1. The van der Waals surface area contributed by atoms with Gasteiger partial charge in [-0.25, -0.2) is 4.79 Å². The molecule has 0 aromatic heterocycles. The molecule has 1 N–H and O–H groups in total. The Morgan fingerprint density at radius 1 is 1.75 bits per heavy atom. The number of nitrogens with zero attached hydrogens (tertiary/aromatic N) is 2. The minimum Gasteiger partial charge on any atom is -0.480 e. The van der Waals surface area contributed by atoms with Gasteiger partial charge in [0.25, 0.3) is 0 Å². The summed E-state index contributed by atoms with van der Waals surface area (Å²) < 4.78 is 0. The molecule has 8 heavy (non-hydrogen) atoms. The Balaban J connectivity index is 2.48. The first-order chi connectivity index (χ1) is 3.80. The lowest BCUT2D eigenvalue weighted by Gasteiger charge is -1.92. The Bertz CT molecular complexity index is 132. The zero-order valence-electron chi connectivity index (χ0n) is 4.24. The maximum Gasteiger partial charge on any atom is 0.330 e. The molecule has 1 rings (SSSR count). The van der Waals surface area contributed by atoms with Crippen molar-refractivity contribution in [3.63, 3.8) is 0 Å². The van der Waals surface area contributed by atoms with Crippen molar-refractivity contribution in [3.8, 4) is 0 Å². The third-order valence-corrected chi connectivity index (χ3v) is 1.01. The van der Waals surface area contributed by atoms with E-state index in [4.69, 9.17) is 5.11 Å². The normalized spacial score (nSPS) is 26.2. The van der Waals surface area contributed by atoms with E-state index in [1.54, 1.807) is 0 Å². The molecule has 44 valence electrons. The van der Waals surface area contributed by atoms with Crippen molar-refractivity contribution < 1.29 is 9.90 Å². The maximum absolute atomic E-state index is 10.0. The topological polar surface area (TPSA) is 62.0 Å². The van der Waals surface area contributed by atoms with Crippen LogP contribution in [0.1, 0.15) is 6.42 Å². The number of rotatable bonds is 1. The molecule has 0 saturated heterocycles. The minimum absolute atomic E-state index is 0.560. The van der Waals surface area contributed by atoms with E-state index >= 15 is 0 Å². The van der Waals surface area contributed by atoms with Crippen LogP contribution in [0, 0.1) is 0 Å². The van der Waals surface area contributed by atoms with E-state index in [1.165, 1.54) is 0 Å². The molecule has 1 aliphatic heterocycles. The second-order valence-electron chi connectivity index (χ2n) is 1.62. The number of hydrogen-bond acceptors (Lipinski definition) is 3. The van der Waals surface area contributed by atoms with Crippen LogP contribution in [0.25, 0.3) is 0 Å². The van der Waals surface area contributed by atoms with Crippen molar-refractivity contribution >= 4 is 5.97 Å². The number of azo groups is 1. The van der Waals surface area contributed by atoms with Crippen LogP contribution in [0.4, 0.5) is 0 Å². The Kier molecular flexibility index (Phi) is 1.24. The fourth-order valence-electron chi connectivity index (χ4n) is 0.567. The molecular weight excluding hydrogens is 108 g/mol. The standard InChI is InChI=1S/C4H6N2O2/c7-4(8)3-1-2-5-6-3/h3H,1-2H2,(H,7,8). The summed E-state index contributed by atoms with van der Waals surface area (Å²) in [5.41, 5.74) is 0. The van der Waals surface area contributed by atoms with Gasteiger partial charge in [0.05, 0.1) is 6.54 Å². The maximum atomic E-state index is 10.0. The SMILES string of the molecule is O=C(O)C1CCN=N1. The molecule has 0 aliphatic carbocycles. The molecule has 0 spiro atoms. The van der Waals surface area contributed by atoms with Crippen LogP contribution in [-0.4, -0.2) is 23.7 Å². The van der Waals surface area contributed by atoms with Gasteiger partial charge in [-0.1, -0.05) is 0 Å². The summed E-state index contributed by atoms with van der Waals surface area (Å²) >= 11 is 0. The summed E-state index contributed by atoms with van der Waals surface area (Å²) in [4.78, 5) is 10.0. The molecular formula is C4H6N2O2. The van der Waals surface area contributed by atoms with Crippen LogP contribution >= 0.6 is 0 Å². The van der Waals surface area contributed by atoms with Gasteiger partial charge in [0.1, 0.15) is 0 Å². The van der Waals surface area contributed by atoms with Gasteiger partial charge in [-0.15, -0.1) is 0 Å². The predicted octanol–water partition coefficient (Wildman–Crippen LogP) is 0.295. The summed E-state index contributed by atoms with van der Waals surface area (Å²) in [6.45, 7) is 0.566. The molecule has 1 atom stereocenters. The van der Waals surface area contributed by atoms with Crippen LogP contribution in [-0.2, 0) is 4.79 Å². The zero-order chi connectivity index (χ0) is 5.98. The van der Waals surface area contributed by atoms with Gasteiger partial charge in [0.15, 0.2) is 6.04 Å². The summed E-state index contributed by atoms with van der Waals surface area (Å²) in [5, 5.41) is 15.3. The molecule has 1 aliphatic rings. The monoisotopic (exact) mass is 114 g/mol. The molecule has 0 aromatic carbocycles. The highest BCUT2D eigenvalue weighted by atomic mass is 16.4. The van der Waals surface area contributed by atoms with E-state index in [9.17, 15) is 4.79 Å². The second-order valence-corrected chi connectivity index (χ2v) is 1.62. The van der Waals surface area contributed by atoms with Crippen molar-refractivity contribution in [3.05, 3.63) is 0 Å². The molecule has 4 nitrogen and oxygen atoms in total. The molecule has 0 saturated carbocycles. The predicted molar refractivity (Wildman–Crippen MR) is 25.8 cm³/mol. The molecule has 1 heterocycles. The number of carboxylic acid groups (broad SMARTS) is 1. The van der Waals surface area contributed by atoms with Crippen molar-refractivity contribution in [2.45, 2.75) is 12.5 Å². The zero-order valence-corrected chi connectivity index (χ0v) is 4.24. The number of carboxylic acids is 1. The first-order valence-corrected chi connectivity index (χ1v) is 2.40. The van der Waals surface area contributed by atoms with Gasteiger partial charge in [-0.3, -0.25) is 0 Å². The molecule has 4 heteroatoms. The molecule has 0 fully saturated rings. The Morgan fingerprint density at radius 3 is 2.75 bits per heavy atom. The van der Waals surface area contributed by atoms with E-state index in [0.717, 1.165) is 0 Å². The quantitative estimate of drug-likeness (QED) is 0.532. The lowest BCUT2D eigenvalue weighted by molar-refractivity contribution is -0.138. The first kappa shape index (κ1) is 5.21. The van der Waals surface area contributed by atoms with Crippen LogP contribution in [0.3, 0.4) is 0 Å². The smallest absolute Gasteiger partial charge is 0.330 e. The average Bonchev–Trinajstić information content (AvgIpc) is 2.12. The molecule has 1 unspecified atom stereocenters. The van der Waals surface area contributed by atoms with Gasteiger partial charge in [-0.05, 0) is 0 Å². The average molecular weight is 114 g/mol. The van der Waals surface area contributed by atoms with Crippen molar-refractivity contribution in [1.29, 1.82) is 0 Å². The second kappa shape index (κ2) is 1.90. The van der Waals surface area contributed by atoms with Gasteiger partial charge in [0, 0.05) is 6.42 Å². The Morgan fingerprint density at radius 2 is 2.50 bits per heavy atom. The van der Waals surface area contributed by atoms with E-state index in [0.29, 0.717) is 13.0 Å². The van der Waals surface area contributed by atoms with Gasteiger partial charge >= 0.3 is 5.97 Å².